The van der Waals surface area contributed by atoms with Crippen molar-refractivity contribution in [3.05, 3.63) is 35.4 Å². The highest BCUT2D eigenvalue weighted by atomic mass is 15.2. The van der Waals surface area contributed by atoms with Crippen molar-refractivity contribution < 1.29 is 0 Å². The van der Waals surface area contributed by atoms with Crippen molar-refractivity contribution in [3.8, 4) is 0 Å². The van der Waals surface area contributed by atoms with Crippen LogP contribution in [0.5, 0.6) is 0 Å². The summed E-state index contributed by atoms with van der Waals surface area (Å²) < 4.78 is 0. The van der Waals surface area contributed by atoms with Crippen LogP contribution in [0, 0.1) is 6.92 Å². The lowest BCUT2D eigenvalue weighted by atomic mass is 9.87. The molecular weight excluding hydrogens is 232 g/mol. The van der Waals surface area contributed by atoms with Crippen molar-refractivity contribution in [2.24, 2.45) is 0 Å². The highest BCUT2D eigenvalue weighted by Crippen LogP contribution is 2.22. The summed E-state index contributed by atoms with van der Waals surface area (Å²) in [4.78, 5) is 2.53. The molecule has 0 bridgehead atoms. The van der Waals surface area contributed by atoms with Crippen LogP contribution in [0.25, 0.3) is 0 Å². The van der Waals surface area contributed by atoms with Crippen molar-refractivity contribution >= 4 is 0 Å². The Morgan fingerprint density at radius 3 is 2.05 bits per heavy atom. The minimum Gasteiger partial charge on any atom is -0.315 e. The van der Waals surface area contributed by atoms with E-state index in [1.165, 1.54) is 11.1 Å². The molecule has 2 heteroatoms. The number of hydrogen-bond donors (Lipinski definition) is 1. The summed E-state index contributed by atoms with van der Waals surface area (Å²) in [7, 11) is 2.07. The van der Waals surface area contributed by atoms with Gasteiger partial charge in [0.15, 0.2) is 0 Å². The lowest BCUT2D eigenvalue weighted by molar-refractivity contribution is 0.0944. The first-order chi connectivity index (χ1) is 8.95. The zero-order valence-electron chi connectivity index (χ0n) is 13.5. The van der Waals surface area contributed by atoms with Crippen LogP contribution in [0.3, 0.4) is 0 Å². The van der Waals surface area contributed by atoms with Crippen molar-refractivity contribution in [1.29, 1.82) is 0 Å². The Morgan fingerprint density at radius 2 is 1.63 bits per heavy atom. The molecule has 0 aromatic heterocycles. The summed E-state index contributed by atoms with van der Waals surface area (Å²) >= 11 is 0. The Hall–Kier alpha value is -0.860. The molecule has 0 fully saturated rings. The molecular formula is C17H30N2. The van der Waals surface area contributed by atoms with Gasteiger partial charge < -0.3 is 5.32 Å². The van der Waals surface area contributed by atoms with E-state index in [1.807, 2.05) is 0 Å². The molecule has 0 aliphatic heterocycles. The van der Waals surface area contributed by atoms with Crippen LogP contribution in [0.4, 0.5) is 0 Å². The second kappa shape index (κ2) is 7.06. The number of nitrogens with one attached hydrogen (secondary N) is 1. The van der Waals surface area contributed by atoms with Gasteiger partial charge in [-0.15, -0.1) is 0 Å². The Morgan fingerprint density at radius 1 is 1.11 bits per heavy atom. The van der Waals surface area contributed by atoms with Crippen LogP contribution in [-0.4, -0.2) is 36.6 Å². The van der Waals surface area contributed by atoms with Crippen LogP contribution < -0.4 is 5.32 Å². The maximum absolute atomic E-state index is 3.51. The molecule has 108 valence electrons. The summed E-state index contributed by atoms with van der Waals surface area (Å²) in [6.45, 7) is 13.5. The molecule has 2 nitrogen and oxygen atoms in total. The van der Waals surface area contributed by atoms with E-state index >= 15 is 0 Å². The minimum atomic E-state index is 0.156. The van der Waals surface area contributed by atoms with Crippen molar-refractivity contribution in [2.75, 3.05) is 20.1 Å². The quantitative estimate of drug-likeness (QED) is 0.811. The predicted molar refractivity (Wildman–Crippen MR) is 84.7 cm³/mol. The SMILES string of the molecule is CCN(CC)C(C)(C)C(Cc1ccc(C)cc1)NC. The zero-order chi connectivity index (χ0) is 14.5. The van der Waals surface area contributed by atoms with Crippen molar-refractivity contribution in [2.45, 2.75) is 52.6 Å². The summed E-state index contributed by atoms with van der Waals surface area (Å²) in [6.07, 6.45) is 1.07. The standard InChI is InChI=1S/C17H30N2/c1-7-19(8-2)17(4,5)16(18-6)13-15-11-9-14(3)10-12-15/h9-12,16,18H,7-8,13H2,1-6H3. The monoisotopic (exact) mass is 262 g/mol. The van der Waals surface area contributed by atoms with E-state index in [0.29, 0.717) is 6.04 Å². The van der Waals surface area contributed by atoms with E-state index in [-0.39, 0.29) is 5.54 Å². The molecule has 0 saturated carbocycles. The average Bonchev–Trinajstić information content (AvgIpc) is 2.38. The van der Waals surface area contributed by atoms with Gasteiger partial charge >= 0.3 is 0 Å². The Balaban J connectivity index is 2.84. The largest absolute Gasteiger partial charge is 0.315 e. The van der Waals surface area contributed by atoms with Crippen LogP contribution in [0.15, 0.2) is 24.3 Å². The molecule has 0 aliphatic rings. The number of aryl methyl sites for hydroxylation is 1. The van der Waals surface area contributed by atoms with Crippen LogP contribution in [0.2, 0.25) is 0 Å². The van der Waals surface area contributed by atoms with E-state index in [9.17, 15) is 0 Å². The van der Waals surface area contributed by atoms with Crippen LogP contribution in [0.1, 0.15) is 38.8 Å². The first-order valence-electron chi connectivity index (χ1n) is 7.43. The molecule has 0 amide bonds. The van der Waals surface area contributed by atoms with E-state index in [1.54, 1.807) is 0 Å². The van der Waals surface area contributed by atoms with E-state index < -0.39 is 0 Å². The number of rotatable bonds is 7. The van der Waals surface area contributed by atoms with E-state index in [2.05, 4.69) is 76.1 Å². The molecule has 1 unspecified atom stereocenters. The van der Waals surface area contributed by atoms with Gasteiger partial charge in [0.2, 0.25) is 0 Å². The lowest BCUT2D eigenvalue weighted by Gasteiger charge is -2.43. The lowest BCUT2D eigenvalue weighted by Crippen LogP contribution is -2.57. The Bertz CT molecular complexity index is 363. The molecule has 0 radical (unpaired) electrons. The second-order valence-electron chi connectivity index (χ2n) is 5.86. The molecule has 1 aromatic carbocycles. The molecule has 1 atom stereocenters. The number of hydrogen-bond acceptors (Lipinski definition) is 2. The fourth-order valence-corrected chi connectivity index (χ4v) is 2.92. The van der Waals surface area contributed by atoms with E-state index in [4.69, 9.17) is 0 Å². The van der Waals surface area contributed by atoms with Gasteiger partial charge in [-0.2, -0.15) is 0 Å². The third-order valence-electron chi connectivity index (χ3n) is 4.34. The van der Waals surface area contributed by atoms with E-state index in [0.717, 1.165) is 19.5 Å². The molecule has 0 aliphatic carbocycles. The maximum atomic E-state index is 3.51. The smallest absolute Gasteiger partial charge is 0.0309 e. The molecule has 0 saturated heterocycles. The molecule has 0 spiro atoms. The molecule has 0 heterocycles. The van der Waals surface area contributed by atoms with Gasteiger partial charge in [0.05, 0.1) is 0 Å². The summed E-state index contributed by atoms with van der Waals surface area (Å²) in [5, 5.41) is 3.51. The topological polar surface area (TPSA) is 15.3 Å². The normalized spacial score (nSPS) is 13.8. The third-order valence-corrected chi connectivity index (χ3v) is 4.34. The number of likely N-dealkylation sites (N-methyl/N-ethyl adjacent to an activating group) is 2. The van der Waals surface area contributed by atoms with Gasteiger partial charge in [-0.25, -0.2) is 0 Å². The van der Waals surface area contributed by atoms with Crippen LogP contribution >= 0.6 is 0 Å². The van der Waals surface area contributed by atoms with Gasteiger partial charge in [0.1, 0.15) is 0 Å². The maximum Gasteiger partial charge on any atom is 0.0309 e. The fraction of sp³-hybridized carbons (Fsp3) is 0.647. The molecule has 19 heavy (non-hydrogen) atoms. The highest BCUT2D eigenvalue weighted by molar-refractivity contribution is 5.22. The minimum absolute atomic E-state index is 0.156. The van der Waals surface area contributed by atoms with Crippen molar-refractivity contribution in [1.82, 2.24) is 10.2 Å². The van der Waals surface area contributed by atoms with Gasteiger partial charge in [-0.3, -0.25) is 4.90 Å². The molecule has 1 aromatic rings. The Kier molecular flexibility index (Phi) is 6.02. The Labute approximate surface area is 119 Å². The summed E-state index contributed by atoms with van der Waals surface area (Å²) in [6, 6.07) is 9.35. The predicted octanol–water partition coefficient (Wildman–Crippen LogP) is 3.25. The molecule has 1 N–H and O–H groups in total. The van der Waals surface area contributed by atoms with Gasteiger partial charge in [0, 0.05) is 11.6 Å². The second-order valence-corrected chi connectivity index (χ2v) is 5.86. The number of benzene rings is 1. The third kappa shape index (κ3) is 4.05. The highest BCUT2D eigenvalue weighted by Gasteiger charge is 2.32. The summed E-state index contributed by atoms with van der Waals surface area (Å²) in [5.74, 6) is 0. The van der Waals surface area contributed by atoms with Crippen LogP contribution in [-0.2, 0) is 6.42 Å². The first kappa shape index (κ1) is 16.2. The summed E-state index contributed by atoms with van der Waals surface area (Å²) in [5.41, 5.74) is 2.89. The fourth-order valence-electron chi connectivity index (χ4n) is 2.92. The zero-order valence-corrected chi connectivity index (χ0v) is 13.5. The number of nitrogens with zero attached hydrogens (tertiary/aromatic N) is 1. The van der Waals surface area contributed by atoms with Crippen molar-refractivity contribution in [3.63, 3.8) is 0 Å². The molecule has 1 rings (SSSR count). The average molecular weight is 262 g/mol. The van der Waals surface area contributed by atoms with Gasteiger partial charge in [-0.05, 0) is 52.9 Å². The first-order valence-corrected chi connectivity index (χ1v) is 7.43. The van der Waals surface area contributed by atoms with Gasteiger partial charge in [0.25, 0.3) is 0 Å². The van der Waals surface area contributed by atoms with Gasteiger partial charge in [-0.1, -0.05) is 43.7 Å².